The fourth-order valence-electron chi connectivity index (χ4n) is 3.49. The largest absolute Gasteiger partial charge is 0.480 e. The molecule has 4 aromatic carbocycles. The molecule has 0 unspecified atom stereocenters. The Hall–Kier alpha value is -3.14. The zero-order chi connectivity index (χ0) is 16.7. The van der Waals surface area contributed by atoms with Crippen LogP contribution in [-0.4, -0.2) is 23.5 Å². The Morgan fingerprint density at radius 2 is 1.58 bits per heavy atom. The van der Waals surface area contributed by atoms with Crippen LogP contribution in [0.5, 0.6) is 0 Å². The molecule has 0 aliphatic carbocycles. The van der Waals surface area contributed by atoms with Gasteiger partial charge in [0.15, 0.2) is 0 Å². The minimum Gasteiger partial charge on any atom is -0.480 e. The van der Waals surface area contributed by atoms with Crippen LogP contribution in [0, 0.1) is 0 Å². The summed E-state index contributed by atoms with van der Waals surface area (Å²) in [5.41, 5.74) is 0.919. The second-order valence-corrected chi connectivity index (χ2v) is 5.96. The Morgan fingerprint density at radius 1 is 0.958 bits per heavy atom. The number of rotatable bonds is 5. The van der Waals surface area contributed by atoms with E-state index in [0.29, 0.717) is 6.41 Å². The summed E-state index contributed by atoms with van der Waals surface area (Å²) in [6.07, 6.45) is 0.691. The summed E-state index contributed by atoms with van der Waals surface area (Å²) in [7, 11) is 0. The lowest BCUT2D eigenvalue weighted by molar-refractivity contribution is -0.140. The maximum atomic E-state index is 11.3. The van der Waals surface area contributed by atoms with Gasteiger partial charge in [-0.1, -0.05) is 54.6 Å². The third kappa shape index (κ3) is 2.15. The molecule has 0 spiro atoms. The molecule has 4 heteroatoms. The summed E-state index contributed by atoms with van der Waals surface area (Å²) < 4.78 is 0. The molecule has 0 fully saturated rings. The highest BCUT2D eigenvalue weighted by Gasteiger charge is 2.19. The molecule has 4 nitrogen and oxygen atoms in total. The van der Waals surface area contributed by atoms with Crippen LogP contribution in [0.3, 0.4) is 0 Å². The van der Waals surface area contributed by atoms with Crippen LogP contribution in [0.15, 0.2) is 54.6 Å². The first-order valence-electron chi connectivity index (χ1n) is 7.77. The van der Waals surface area contributed by atoms with Crippen LogP contribution in [0.25, 0.3) is 32.3 Å². The molecule has 4 rings (SSSR count). The van der Waals surface area contributed by atoms with Crippen molar-refractivity contribution in [3.63, 3.8) is 0 Å². The van der Waals surface area contributed by atoms with Crippen LogP contribution in [-0.2, 0) is 16.0 Å². The molecule has 118 valence electrons. The maximum absolute atomic E-state index is 11.3. The van der Waals surface area contributed by atoms with Gasteiger partial charge >= 0.3 is 5.97 Å². The van der Waals surface area contributed by atoms with E-state index >= 15 is 0 Å². The molecule has 0 aromatic heterocycles. The lowest BCUT2D eigenvalue weighted by Crippen LogP contribution is -2.37. The number of carboxylic acid groups (broad SMARTS) is 1. The van der Waals surface area contributed by atoms with Gasteiger partial charge < -0.3 is 10.4 Å². The Kier molecular flexibility index (Phi) is 3.31. The molecule has 1 amide bonds. The number of hydrogen-bond donors (Lipinski definition) is 2. The Morgan fingerprint density at radius 3 is 2.25 bits per heavy atom. The highest BCUT2D eigenvalue weighted by Crippen LogP contribution is 2.36. The predicted octanol–water partition coefficient (Wildman–Crippen LogP) is 3.33. The lowest BCUT2D eigenvalue weighted by atomic mass is 9.90. The van der Waals surface area contributed by atoms with Gasteiger partial charge in [-0.15, -0.1) is 0 Å². The normalized spacial score (nSPS) is 12.7. The predicted molar refractivity (Wildman–Crippen MR) is 94.5 cm³/mol. The summed E-state index contributed by atoms with van der Waals surface area (Å²) in [6.45, 7) is 0. The first-order valence-corrected chi connectivity index (χ1v) is 7.77. The van der Waals surface area contributed by atoms with Crippen molar-refractivity contribution in [2.24, 2.45) is 0 Å². The van der Waals surface area contributed by atoms with Crippen molar-refractivity contribution in [1.82, 2.24) is 5.32 Å². The monoisotopic (exact) mass is 317 g/mol. The van der Waals surface area contributed by atoms with E-state index in [-0.39, 0.29) is 6.42 Å². The summed E-state index contributed by atoms with van der Waals surface area (Å²) in [6, 6.07) is 17.6. The van der Waals surface area contributed by atoms with Gasteiger partial charge in [-0.3, -0.25) is 4.79 Å². The van der Waals surface area contributed by atoms with E-state index in [1.54, 1.807) is 0 Å². The van der Waals surface area contributed by atoms with Gasteiger partial charge in [0.2, 0.25) is 6.41 Å². The topological polar surface area (TPSA) is 66.4 Å². The Bertz CT molecular complexity index is 1050. The quantitative estimate of drug-likeness (QED) is 0.438. The number of carbonyl (C=O) groups excluding carboxylic acids is 1. The van der Waals surface area contributed by atoms with Gasteiger partial charge in [-0.2, -0.15) is 0 Å². The van der Waals surface area contributed by atoms with E-state index in [1.807, 2.05) is 24.3 Å². The van der Waals surface area contributed by atoms with Crippen molar-refractivity contribution < 1.29 is 14.7 Å². The molecule has 24 heavy (non-hydrogen) atoms. The van der Waals surface area contributed by atoms with Crippen LogP contribution < -0.4 is 5.32 Å². The van der Waals surface area contributed by atoms with E-state index in [9.17, 15) is 14.7 Å². The van der Waals surface area contributed by atoms with E-state index in [1.165, 1.54) is 16.2 Å². The summed E-state index contributed by atoms with van der Waals surface area (Å²) in [4.78, 5) is 22.0. The Labute approximate surface area is 138 Å². The summed E-state index contributed by atoms with van der Waals surface area (Å²) >= 11 is 0. The fraction of sp³-hybridized carbons (Fsp3) is 0.100. The molecule has 0 radical (unpaired) electrons. The molecule has 0 bridgehead atoms. The second-order valence-electron chi connectivity index (χ2n) is 5.96. The van der Waals surface area contributed by atoms with Gasteiger partial charge in [0.1, 0.15) is 6.04 Å². The zero-order valence-corrected chi connectivity index (χ0v) is 12.8. The Balaban J connectivity index is 1.97. The van der Waals surface area contributed by atoms with Gasteiger partial charge in [-0.05, 0) is 37.9 Å². The molecule has 0 saturated carbocycles. The van der Waals surface area contributed by atoms with Crippen LogP contribution in [0.4, 0.5) is 0 Å². The second kappa shape index (κ2) is 5.49. The van der Waals surface area contributed by atoms with Crippen molar-refractivity contribution in [2.75, 3.05) is 0 Å². The average Bonchev–Trinajstić information content (AvgIpc) is 2.60. The fourth-order valence-corrected chi connectivity index (χ4v) is 3.49. The van der Waals surface area contributed by atoms with Crippen LogP contribution in [0.1, 0.15) is 5.56 Å². The zero-order valence-electron chi connectivity index (χ0n) is 12.8. The van der Waals surface area contributed by atoms with E-state index in [0.717, 1.165) is 21.7 Å². The van der Waals surface area contributed by atoms with Gasteiger partial charge in [0, 0.05) is 6.42 Å². The third-order valence-electron chi connectivity index (χ3n) is 4.61. The highest BCUT2D eigenvalue weighted by atomic mass is 16.4. The summed E-state index contributed by atoms with van der Waals surface area (Å²) in [5, 5.41) is 18.5. The number of carbonyl (C=O) groups is 2. The van der Waals surface area contributed by atoms with Gasteiger partial charge in [0.05, 0.1) is 0 Å². The third-order valence-corrected chi connectivity index (χ3v) is 4.61. The number of amides is 1. The molecule has 4 aromatic rings. The van der Waals surface area contributed by atoms with Crippen molar-refractivity contribution in [3.05, 3.63) is 60.2 Å². The lowest BCUT2D eigenvalue weighted by Gasteiger charge is -2.16. The van der Waals surface area contributed by atoms with Crippen molar-refractivity contribution in [2.45, 2.75) is 12.5 Å². The molecule has 0 aliphatic rings. The molecule has 0 heterocycles. The highest BCUT2D eigenvalue weighted by molar-refractivity contribution is 6.23. The number of aliphatic carboxylic acids is 1. The van der Waals surface area contributed by atoms with E-state index < -0.39 is 12.0 Å². The smallest absolute Gasteiger partial charge is 0.326 e. The molecular formula is C20H15NO3. The molecule has 0 aliphatic heterocycles. The first kappa shape index (κ1) is 14.5. The van der Waals surface area contributed by atoms with Crippen molar-refractivity contribution in [3.8, 4) is 0 Å². The first-order chi connectivity index (χ1) is 11.7. The molecule has 1 atom stereocenters. The van der Waals surface area contributed by atoms with Gasteiger partial charge in [0.25, 0.3) is 0 Å². The number of nitrogens with one attached hydrogen (secondary N) is 1. The molecule has 0 saturated heterocycles. The van der Waals surface area contributed by atoms with Crippen molar-refractivity contribution >= 4 is 44.7 Å². The number of hydrogen-bond acceptors (Lipinski definition) is 2. The summed E-state index contributed by atoms with van der Waals surface area (Å²) in [5.74, 6) is -1.03. The van der Waals surface area contributed by atoms with Gasteiger partial charge in [-0.25, -0.2) is 4.79 Å². The minimum atomic E-state index is -1.03. The number of carboxylic acids is 1. The van der Waals surface area contributed by atoms with Crippen LogP contribution in [0.2, 0.25) is 0 Å². The van der Waals surface area contributed by atoms with E-state index in [4.69, 9.17) is 0 Å². The standard InChI is InChI=1S/C20H15NO3/c22-11-21-17(20(23)24)10-15-7-6-14-5-4-12-2-1-3-13-8-9-16(15)19(14)18(12)13/h1-9,11,17H,10H2,(H,21,22)(H,23,24)/t17-/m1/s1. The molecular weight excluding hydrogens is 302 g/mol. The van der Waals surface area contributed by atoms with E-state index in [2.05, 4.69) is 35.6 Å². The minimum absolute atomic E-state index is 0.252. The average molecular weight is 317 g/mol. The van der Waals surface area contributed by atoms with Crippen LogP contribution >= 0.6 is 0 Å². The maximum Gasteiger partial charge on any atom is 0.326 e. The molecule has 2 N–H and O–H groups in total. The SMILES string of the molecule is O=CN[C@H](Cc1ccc2ccc3cccc4ccc1c2c34)C(=O)O. The van der Waals surface area contributed by atoms with Crippen molar-refractivity contribution in [1.29, 1.82) is 0 Å². The number of benzene rings is 4.